The lowest BCUT2D eigenvalue weighted by Crippen LogP contribution is -2.10. The third-order valence-electron chi connectivity index (χ3n) is 4.00. The molecule has 3 aromatic rings. The molecular weight excluding hydrogens is 294 g/mol. The van der Waals surface area contributed by atoms with Crippen molar-refractivity contribution in [1.82, 2.24) is 35.0 Å². The number of hydrogen-bond donors (Lipinski definition) is 0. The van der Waals surface area contributed by atoms with Crippen LogP contribution in [0.4, 0.5) is 0 Å². The molecule has 0 spiro atoms. The highest BCUT2D eigenvalue weighted by molar-refractivity contribution is 5.56. The number of methoxy groups -OCH3 is 1. The zero-order chi connectivity index (χ0) is 15.8. The SMILES string of the molecule is COc1cccc(-c2nnn(Cc3nnc(C4CC4)n3C)n2)c1. The van der Waals surface area contributed by atoms with Gasteiger partial charge in [-0.25, -0.2) is 0 Å². The summed E-state index contributed by atoms with van der Waals surface area (Å²) in [4.78, 5) is 1.54. The molecule has 118 valence electrons. The first kappa shape index (κ1) is 13.9. The van der Waals surface area contributed by atoms with E-state index in [0.717, 1.165) is 23.0 Å². The van der Waals surface area contributed by atoms with E-state index in [0.29, 0.717) is 18.3 Å². The Bertz CT molecular complexity index is 834. The maximum absolute atomic E-state index is 5.22. The van der Waals surface area contributed by atoms with E-state index in [1.165, 1.54) is 17.6 Å². The van der Waals surface area contributed by atoms with Crippen LogP contribution in [-0.2, 0) is 13.6 Å². The van der Waals surface area contributed by atoms with Gasteiger partial charge in [0, 0.05) is 18.5 Å². The van der Waals surface area contributed by atoms with Crippen molar-refractivity contribution in [3.05, 3.63) is 35.9 Å². The molecule has 1 saturated carbocycles. The summed E-state index contributed by atoms with van der Waals surface area (Å²) in [5.74, 6) is 3.78. The molecule has 0 bridgehead atoms. The lowest BCUT2D eigenvalue weighted by molar-refractivity contribution is 0.415. The van der Waals surface area contributed by atoms with Crippen LogP contribution in [0.25, 0.3) is 11.4 Å². The topological polar surface area (TPSA) is 83.5 Å². The summed E-state index contributed by atoms with van der Waals surface area (Å²) < 4.78 is 7.26. The maximum atomic E-state index is 5.22. The minimum absolute atomic E-state index is 0.452. The average Bonchev–Trinajstić information content (AvgIpc) is 3.21. The molecule has 2 heterocycles. The van der Waals surface area contributed by atoms with Crippen LogP contribution < -0.4 is 4.74 Å². The molecule has 0 amide bonds. The lowest BCUT2D eigenvalue weighted by Gasteiger charge is -2.02. The van der Waals surface area contributed by atoms with Crippen LogP contribution in [0.15, 0.2) is 24.3 Å². The van der Waals surface area contributed by atoms with Crippen LogP contribution in [-0.4, -0.2) is 42.1 Å². The van der Waals surface area contributed by atoms with Crippen LogP contribution in [0, 0.1) is 0 Å². The third-order valence-corrected chi connectivity index (χ3v) is 4.00. The fourth-order valence-corrected chi connectivity index (χ4v) is 2.52. The van der Waals surface area contributed by atoms with E-state index in [1.54, 1.807) is 7.11 Å². The highest BCUT2D eigenvalue weighted by atomic mass is 16.5. The van der Waals surface area contributed by atoms with Crippen molar-refractivity contribution in [2.45, 2.75) is 25.3 Å². The second kappa shape index (κ2) is 5.45. The van der Waals surface area contributed by atoms with Crippen LogP contribution in [0.2, 0.25) is 0 Å². The number of rotatable bonds is 5. The Morgan fingerprint density at radius 2 is 2.09 bits per heavy atom. The van der Waals surface area contributed by atoms with E-state index in [4.69, 9.17) is 4.74 Å². The summed E-state index contributed by atoms with van der Waals surface area (Å²) in [6, 6.07) is 7.60. The Labute approximate surface area is 133 Å². The van der Waals surface area contributed by atoms with Crippen molar-refractivity contribution in [1.29, 1.82) is 0 Å². The van der Waals surface area contributed by atoms with Gasteiger partial charge in [-0.1, -0.05) is 12.1 Å². The first-order valence-corrected chi connectivity index (χ1v) is 7.55. The minimum Gasteiger partial charge on any atom is -0.497 e. The van der Waals surface area contributed by atoms with Gasteiger partial charge in [0.2, 0.25) is 5.82 Å². The Kier molecular flexibility index (Phi) is 3.29. The van der Waals surface area contributed by atoms with Gasteiger partial charge in [-0.3, -0.25) is 0 Å². The number of benzene rings is 1. The van der Waals surface area contributed by atoms with Crippen molar-refractivity contribution >= 4 is 0 Å². The molecule has 4 rings (SSSR count). The molecule has 1 aliphatic rings. The highest BCUT2D eigenvalue weighted by Crippen LogP contribution is 2.38. The van der Waals surface area contributed by atoms with E-state index in [1.807, 2.05) is 35.9 Å². The molecule has 0 saturated heterocycles. The summed E-state index contributed by atoms with van der Waals surface area (Å²) in [5, 5.41) is 21.2. The van der Waals surface area contributed by atoms with Crippen molar-refractivity contribution in [3.63, 3.8) is 0 Å². The van der Waals surface area contributed by atoms with E-state index < -0.39 is 0 Å². The average molecular weight is 311 g/mol. The third kappa shape index (κ3) is 2.67. The molecule has 2 aromatic heterocycles. The van der Waals surface area contributed by atoms with Gasteiger partial charge in [-0.05, 0) is 30.2 Å². The fourth-order valence-electron chi connectivity index (χ4n) is 2.52. The van der Waals surface area contributed by atoms with Gasteiger partial charge < -0.3 is 9.30 Å². The van der Waals surface area contributed by atoms with E-state index >= 15 is 0 Å². The highest BCUT2D eigenvalue weighted by Gasteiger charge is 2.29. The molecule has 23 heavy (non-hydrogen) atoms. The zero-order valence-corrected chi connectivity index (χ0v) is 13.0. The minimum atomic E-state index is 0.452. The van der Waals surface area contributed by atoms with E-state index in [-0.39, 0.29) is 0 Å². The molecule has 1 aromatic carbocycles. The number of hydrogen-bond acceptors (Lipinski definition) is 6. The maximum Gasteiger partial charge on any atom is 0.205 e. The smallest absolute Gasteiger partial charge is 0.205 e. The van der Waals surface area contributed by atoms with E-state index in [2.05, 4.69) is 25.6 Å². The van der Waals surface area contributed by atoms with Crippen molar-refractivity contribution < 1.29 is 4.74 Å². The van der Waals surface area contributed by atoms with Gasteiger partial charge in [0.05, 0.1) is 7.11 Å². The van der Waals surface area contributed by atoms with Gasteiger partial charge in [-0.2, -0.15) is 4.80 Å². The van der Waals surface area contributed by atoms with Gasteiger partial charge in [0.1, 0.15) is 18.1 Å². The summed E-state index contributed by atoms with van der Waals surface area (Å²) in [5.41, 5.74) is 0.868. The molecule has 1 fully saturated rings. The lowest BCUT2D eigenvalue weighted by atomic mass is 10.2. The molecule has 8 nitrogen and oxygen atoms in total. The second-order valence-electron chi connectivity index (χ2n) is 5.68. The molecule has 0 radical (unpaired) electrons. The molecule has 8 heteroatoms. The van der Waals surface area contributed by atoms with Crippen molar-refractivity contribution in [2.24, 2.45) is 7.05 Å². The number of tetrazole rings is 1. The normalized spacial score (nSPS) is 14.2. The summed E-state index contributed by atoms with van der Waals surface area (Å²) in [6.45, 7) is 0.452. The summed E-state index contributed by atoms with van der Waals surface area (Å²) in [7, 11) is 3.62. The molecular formula is C15H17N7O. The van der Waals surface area contributed by atoms with Crippen molar-refractivity contribution in [2.75, 3.05) is 7.11 Å². The monoisotopic (exact) mass is 311 g/mol. The molecule has 1 aliphatic carbocycles. The molecule has 0 unspecified atom stereocenters. The first-order chi connectivity index (χ1) is 11.2. The fraction of sp³-hybridized carbons (Fsp3) is 0.400. The van der Waals surface area contributed by atoms with Gasteiger partial charge >= 0.3 is 0 Å². The first-order valence-electron chi connectivity index (χ1n) is 7.55. The Morgan fingerprint density at radius 1 is 1.22 bits per heavy atom. The summed E-state index contributed by atoms with van der Waals surface area (Å²) in [6.07, 6.45) is 2.40. The van der Waals surface area contributed by atoms with Crippen LogP contribution in [0.5, 0.6) is 5.75 Å². The Balaban J connectivity index is 1.56. The Morgan fingerprint density at radius 3 is 2.87 bits per heavy atom. The predicted octanol–water partition coefficient (Wildman–Crippen LogP) is 1.40. The summed E-state index contributed by atoms with van der Waals surface area (Å²) >= 11 is 0. The van der Waals surface area contributed by atoms with Crippen molar-refractivity contribution in [3.8, 4) is 17.1 Å². The number of ether oxygens (including phenoxy) is 1. The largest absolute Gasteiger partial charge is 0.497 e. The molecule has 0 aliphatic heterocycles. The second-order valence-corrected chi connectivity index (χ2v) is 5.68. The number of aromatic nitrogens is 7. The van der Waals surface area contributed by atoms with Gasteiger partial charge in [0.25, 0.3) is 0 Å². The quantitative estimate of drug-likeness (QED) is 0.708. The van der Waals surface area contributed by atoms with Crippen LogP contribution >= 0.6 is 0 Å². The Hall–Kier alpha value is -2.77. The van der Waals surface area contributed by atoms with E-state index in [9.17, 15) is 0 Å². The molecule has 0 N–H and O–H groups in total. The van der Waals surface area contributed by atoms with Crippen LogP contribution in [0.1, 0.15) is 30.4 Å². The standard InChI is InChI=1S/C15H17N7O/c1-21-13(16-18-15(21)10-6-7-10)9-22-19-14(17-20-22)11-4-3-5-12(8-11)23-2/h3-5,8,10H,6-7,9H2,1-2H3. The number of nitrogens with zero attached hydrogens (tertiary/aromatic N) is 7. The van der Waals surface area contributed by atoms with Crippen LogP contribution in [0.3, 0.4) is 0 Å². The molecule has 0 atom stereocenters. The zero-order valence-electron chi connectivity index (χ0n) is 13.0. The van der Waals surface area contributed by atoms with Gasteiger partial charge in [0.15, 0.2) is 5.82 Å². The predicted molar refractivity (Wildman–Crippen MR) is 81.9 cm³/mol. The van der Waals surface area contributed by atoms with Gasteiger partial charge in [-0.15, -0.1) is 20.4 Å².